The molecule has 0 unspecified atom stereocenters. The van der Waals surface area contributed by atoms with Crippen molar-refractivity contribution in [1.82, 2.24) is 14.8 Å². The number of nitrogens with zero attached hydrogens (tertiary/aromatic N) is 5. The Balaban J connectivity index is 1.57. The third-order valence-electron chi connectivity index (χ3n) is 4.99. The van der Waals surface area contributed by atoms with E-state index < -0.39 is 9.85 Å². The van der Waals surface area contributed by atoms with E-state index >= 15 is 0 Å². The normalized spacial score (nSPS) is 10.6. The summed E-state index contributed by atoms with van der Waals surface area (Å²) in [6.07, 6.45) is 0. The first-order chi connectivity index (χ1) is 17.4. The van der Waals surface area contributed by atoms with Crippen molar-refractivity contribution in [1.29, 1.82) is 0 Å². The van der Waals surface area contributed by atoms with Gasteiger partial charge in [0.2, 0.25) is 5.91 Å². The van der Waals surface area contributed by atoms with Gasteiger partial charge in [-0.25, -0.2) is 0 Å². The summed E-state index contributed by atoms with van der Waals surface area (Å²) in [7, 11) is 1.35. The predicted molar refractivity (Wildman–Crippen MR) is 132 cm³/mol. The van der Waals surface area contributed by atoms with E-state index in [1.54, 1.807) is 16.7 Å². The van der Waals surface area contributed by atoms with Gasteiger partial charge in [-0.15, -0.1) is 10.2 Å². The monoisotopic (exact) mass is 506 g/mol. The molecule has 0 fully saturated rings. The number of carbonyl (C=O) groups excluding carboxylic acids is 1. The SMILES string of the molecule is COc1cc([N+](=O)[O-])ccc1NC(=O)CSc1nnc(-c2ccc([N+](=O)[O-])cc2)n1-c1ccccc1. The fourth-order valence-electron chi connectivity index (χ4n) is 3.31. The molecule has 0 aliphatic carbocycles. The fourth-order valence-corrected chi connectivity index (χ4v) is 4.06. The van der Waals surface area contributed by atoms with Crippen LogP contribution < -0.4 is 10.1 Å². The van der Waals surface area contributed by atoms with Crippen LogP contribution in [0.25, 0.3) is 17.1 Å². The molecular formula is C23H18N6O6S. The molecule has 1 heterocycles. The third kappa shape index (κ3) is 5.31. The molecule has 4 rings (SSSR count). The molecule has 1 aromatic heterocycles. The standard InChI is InChI=1S/C23H18N6O6S/c1-35-20-13-18(29(33)34)11-12-19(20)24-21(30)14-36-23-26-25-22(27(23)16-5-3-2-4-6-16)15-7-9-17(10-8-15)28(31)32/h2-13H,14H2,1H3,(H,24,30). The first kappa shape index (κ1) is 24.3. The molecule has 1 N–H and O–H groups in total. The van der Waals surface area contributed by atoms with E-state index in [1.807, 2.05) is 30.3 Å². The lowest BCUT2D eigenvalue weighted by Crippen LogP contribution is -2.15. The van der Waals surface area contributed by atoms with E-state index in [9.17, 15) is 25.0 Å². The Labute approximate surface area is 208 Å². The highest BCUT2D eigenvalue weighted by molar-refractivity contribution is 7.99. The lowest BCUT2D eigenvalue weighted by atomic mass is 10.2. The number of nitro groups is 2. The highest BCUT2D eigenvalue weighted by atomic mass is 32.2. The number of thioether (sulfide) groups is 1. The minimum absolute atomic E-state index is 0.0363. The topological polar surface area (TPSA) is 155 Å². The number of non-ortho nitro benzene ring substituents is 2. The molecule has 0 radical (unpaired) electrons. The van der Waals surface area contributed by atoms with Gasteiger partial charge < -0.3 is 10.1 Å². The number of benzene rings is 3. The van der Waals surface area contributed by atoms with Crippen molar-refractivity contribution in [3.63, 3.8) is 0 Å². The molecule has 0 atom stereocenters. The first-order valence-electron chi connectivity index (χ1n) is 10.4. The molecule has 13 heteroatoms. The van der Waals surface area contributed by atoms with Gasteiger partial charge in [0.15, 0.2) is 11.0 Å². The van der Waals surface area contributed by atoms with Gasteiger partial charge in [-0.2, -0.15) is 0 Å². The Morgan fingerprint density at radius 1 is 0.972 bits per heavy atom. The van der Waals surface area contributed by atoms with Crippen molar-refractivity contribution < 1.29 is 19.4 Å². The van der Waals surface area contributed by atoms with Gasteiger partial charge in [0, 0.05) is 29.4 Å². The summed E-state index contributed by atoms with van der Waals surface area (Å²) < 4.78 is 6.91. The van der Waals surface area contributed by atoms with Crippen LogP contribution in [-0.2, 0) is 4.79 Å². The van der Waals surface area contributed by atoms with E-state index in [0.717, 1.165) is 17.4 Å². The zero-order chi connectivity index (χ0) is 25.7. The number of carbonyl (C=O) groups is 1. The van der Waals surface area contributed by atoms with E-state index in [0.29, 0.717) is 22.2 Å². The van der Waals surface area contributed by atoms with Gasteiger partial charge in [0.05, 0.1) is 34.5 Å². The van der Waals surface area contributed by atoms with Crippen LogP contribution in [0.2, 0.25) is 0 Å². The highest BCUT2D eigenvalue weighted by Gasteiger charge is 2.19. The van der Waals surface area contributed by atoms with E-state index in [2.05, 4.69) is 15.5 Å². The minimum atomic E-state index is -0.553. The average molecular weight is 507 g/mol. The Morgan fingerprint density at radius 3 is 2.28 bits per heavy atom. The van der Waals surface area contributed by atoms with Crippen molar-refractivity contribution in [3.05, 3.63) is 93.0 Å². The summed E-state index contributed by atoms with van der Waals surface area (Å²) in [4.78, 5) is 33.6. The summed E-state index contributed by atoms with van der Waals surface area (Å²) >= 11 is 1.13. The summed E-state index contributed by atoms with van der Waals surface area (Å²) in [5, 5.41) is 33.6. The molecule has 0 aliphatic heterocycles. The van der Waals surface area contributed by atoms with Gasteiger partial charge >= 0.3 is 0 Å². The van der Waals surface area contributed by atoms with E-state index in [-0.39, 0.29) is 28.8 Å². The lowest BCUT2D eigenvalue weighted by Gasteiger charge is -2.11. The predicted octanol–water partition coefficient (Wildman–Crippen LogP) is 4.49. The molecule has 1 amide bonds. The van der Waals surface area contributed by atoms with E-state index in [4.69, 9.17) is 4.74 Å². The van der Waals surface area contributed by atoms with Crippen molar-refractivity contribution in [2.24, 2.45) is 0 Å². The van der Waals surface area contributed by atoms with Crippen molar-refractivity contribution in [2.45, 2.75) is 5.16 Å². The number of amides is 1. The number of rotatable bonds is 9. The van der Waals surface area contributed by atoms with Crippen molar-refractivity contribution in [3.8, 4) is 22.8 Å². The van der Waals surface area contributed by atoms with Crippen molar-refractivity contribution >= 4 is 34.7 Å². The van der Waals surface area contributed by atoms with E-state index in [1.165, 1.54) is 37.4 Å². The molecule has 182 valence electrons. The molecule has 36 heavy (non-hydrogen) atoms. The van der Waals surface area contributed by atoms with Crippen LogP contribution in [-0.4, -0.2) is 43.4 Å². The van der Waals surface area contributed by atoms with Crippen LogP contribution in [0.1, 0.15) is 0 Å². The summed E-state index contributed by atoms with van der Waals surface area (Å²) in [6, 6.07) is 19.1. The Bertz CT molecular complexity index is 1430. The maximum Gasteiger partial charge on any atom is 0.273 e. The highest BCUT2D eigenvalue weighted by Crippen LogP contribution is 2.31. The number of ether oxygens (including phenoxy) is 1. The fraction of sp³-hybridized carbons (Fsp3) is 0.0870. The van der Waals surface area contributed by atoms with Crippen LogP contribution in [0.5, 0.6) is 5.75 Å². The number of aromatic nitrogens is 3. The number of nitrogens with one attached hydrogen (secondary N) is 1. The number of hydrogen-bond acceptors (Lipinski definition) is 9. The second-order valence-electron chi connectivity index (χ2n) is 7.26. The third-order valence-corrected chi connectivity index (χ3v) is 5.92. The quantitative estimate of drug-likeness (QED) is 0.196. The van der Waals surface area contributed by atoms with Crippen LogP contribution in [0.4, 0.5) is 17.1 Å². The lowest BCUT2D eigenvalue weighted by molar-refractivity contribution is -0.385. The average Bonchev–Trinajstić information content (AvgIpc) is 3.32. The number of nitro benzene ring substituents is 2. The largest absolute Gasteiger partial charge is 0.494 e. The van der Waals surface area contributed by atoms with Gasteiger partial charge in [0.25, 0.3) is 11.4 Å². The molecule has 3 aromatic carbocycles. The zero-order valence-corrected chi connectivity index (χ0v) is 19.5. The van der Waals surface area contributed by atoms with Gasteiger partial charge in [-0.3, -0.25) is 29.6 Å². The summed E-state index contributed by atoms with van der Waals surface area (Å²) in [5.74, 6) is 0.198. The van der Waals surface area contributed by atoms with Crippen molar-refractivity contribution in [2.75, 3.05) is 18.2 Å². The second-order valence-corrected chi connectivity index (χ2v) is 8.20. The van der Waals surface area contributed by atoms with Gasteiger partial charge in [0.1, 0.15) is 5.75 Å². The Morgan fingerprint density at radius 2 is 1.64 bits per heavy atom. The smallest absolute Gasteiger partial charge is 0.273 e. The first-order valence-corrected chi connectivity index (χ1v) is 11.4. The zero-order valence-electron chi connectivity index (χ0n) is 18.7. The molecule has 0 spiro atoms. The molecule has 0 bridgehead atoms. The molecule has 12 nitrogen and oxygen atoms in total. The Kier molecular flexibility index (Phi) is 7.20. The number of hydrogen-bond donors (Lipinski definition) is 1. The Hall–Kier alpha value is -4.78. The molecular weight excluding hydrogens is 488 g/mol. The summed E-state index contributed by atoms with van der Waals surface area (Å²) in [6.45, 7) is 0. The maximum atomic E-state index is 12.7. The van der Waals surface area contributed by atoms with Gasteiger partial charge in [-0.05, 0) is 30.3 Å². The molecule has 0 aliphatic rings. The maximum absolute atomic E-state index is 12.7. The van der Waals surface area contributed by atoms with Crippen LogP contribution in [0, 0.1) is 20.2 Å². The molecule has 0 saturated heterocycles. The number of anilines is 1. The second kappa shape index (κ2) is 10.7. The number of para-hydroxylation sites is 1. The molecule has 0 saturated carbocycles. The minimum Gasteiger partial charge on any atom is -0.494 e. The van der Waals surface area contributed by atoms with Crippen LogP contribution in [0.15, 0.2) is 78.0 Å². The number of methoxy groups -OCH3 is 1. The van der Waals surface area contributed by atoms with Crippen LogP contribution >= 0.6 is 11.8 Å². The molecule has 4 aromatic rings. The van der Waals surface area contributed by atoms with Crippen LogP contribution in [0.3, 0.4) is 0 Å². The van der Waals surface area contributed by atoms with Gasteiger partial charge in [-0.1, -0.05) is 30.0 Å². The summed E-state index contributed by atoms with van der Waals surface area (Å²) in [5.41, 5.74) is 1.45.